The second-order valence-corrected chi connectivity index (χ2v) is 6.52. The smallest absolute Gasteiger partial charge is 0.435 e. The van der Waals surface area contributed by atoms with Crippen LogP contribution in [0.3, 0.4) is 0 Å². The van der Waals surface area contributed by atoms with Gasteiger partial charge in [-0.2, -0.15) is 9.78 Å². The van der Waals surface area contributed by atoms with Gasteiger partial charge in [0, 0.05) is 16.6 Å². The number of rotatable bonds is 1. The Hall–Kier alpha value is -2.89. The van der Waals surface area contributed by atoms with Crippen LogP contribution in [-0.4, -0.2) is 21.5 Å². The normalized spacial score (nSPS) is 11.7. The maximum atomic E-state index is 13.2. The molecule has 0 saturated heterocycles. The highest BCUT2D eigenvalue weighted by atomic mass is 19.1. The Bertz CT molecular complexity index is 908. The molecule has 3 aromatic rings. The Kier molecular flexibility index (Phi) is 3.75. The first-order valence-corrected chi connectivity index (χ1v) is 7.52. The van der Waals surface area contributed by atoms with E-state index in [1.807, 2.05) is 0 Å². The Morgan fingerprint density at radius 3 is 2.46 bits per heavy atom. The van der Waals surface area contributed by atoms with Crippen molar-refractivity contribution < 1.29 is 13.9 Å². The maximum absolute atomic E-state index is 13.2. The van der Waals surface area contributed by atoms with E-state index in [0.29, 0.717) is 27.8 Å². The summed E-state index contributed by atoms with van der Waals surface area (Å²) in [6, 6.07) is 11.1. The Morgan fingerprint density at radius 1 is 1.17 bits per heavy atom. The summed E-state index contributed by atoms with van der Waals surface area (Å²) in [4.78, 5) is 12.4. The van der Waals surface area contributed by atoms with Gasteiger partial charge in [0.1, 0.15) is 17.1 Å². The van der Waals surface area contributed by atoms with Crippen molar-refractivity contribution in [2.45, 2.75) is 26.4 Å². The lowest BCUT2D eigenvalue weighted by atomic mass is 10.1. The highest BCUT2D eigenvalue weighted by molar-refractivity contribution is 5.99. The molecule has 0 amide bonds. The van der Waals surface area contributed by atoms with Crippen molar-refractivity contribution in [3.05, 3.63) is 48.3 Å². The summed E-state index contributed by atoms with van der Waals surface area (Å²) in [5, 5.41) is 5.08. The molecule has 1 aromatic heterocycles. The van der Waals surface area contributed by atoms with Crippen LogP contribution in [-0.2, 0) is 4.74 Å². The standard InChI is InChI=1S/C18H18FN3O2/c1-18(2,3)24-17(23)22-15-9-8-13(20)10-14(15)16(21-22)11-4-6-12(19)7-5-11/h4-10H,20H2,1-3H3. The van der Waals surface area contributed by atoms with Gasteiger partial charge >= 0.3 is 6.09 Å². The van der Waals surface area contributed by atoms with Gasteiger partial charge in [0.05, 0.1) is 5.52 Å². The minimum atomic E-state index is -0.640. The van der Waals surface area contributed by atoms with Crippen molar-refractivity contribution in [1.82, 2.24) is 9.78 Å². The molecule has 0 bridgehead atoms. The van der Waals surface area contributed by atoms with Crippen LogP contribution in [0.15, 0.2) is 42.5 Å². The van der Waals surface area contributed by atoms with E-state index in [2.05, 4.69) is 5.10 Å². The number of fused-ring (bicyclic) bond motifs is 1. The van der Waals surface area contributed by atoms with Crippen LogP contribution in [0.5, 0.6) is 0 Å². The first-order chi connectivity index (χ1) is 11.2. The third-order valence-electron chi connectivity index (χ3n) is 3.39. The predicted octanol–water partition coefficient (Wildman–Crippen LogP) is 4.21. The van der Waals surface area contributed by atoms with Crippen LogP contribution in [0.1, 0.15) is 20.8 Å². The minimum absolute atomic E-state index is 0.339. The summed E-state index contributed by atoms with van der Waals surface area (Å²) in [6.07, 6.45) is -0.578. The summed E-state index contributed by atoms with van der Waals surface area (Å²) >= 11 is 0. The molecule has 0 spiro atoms. The molecule has 3 rings (SSSR count). The van der Waals surface area contributed by atoms with Gasteiger partial charge in [-0.3, -0.25) is 0 Å². The molecule has 0 aliphatic rings. The summed E-state index contributed by atoms with van der Waals surface area (Å²) in [6.45, 7) is 5.36. The first-order valence-electron chi connectivity index (χ1n) is 7.52. The largest absolute Gasteiger partial charge is 0.442 e. The molecule has 0 aliphatic heterocycles. The van der Waals surface area contributed by atoms with E-state index in [-0.39, 0.29) is 5.82 Å². The molecule has 0 aliphatic carbocycles. The third-order valence-corrected chi connectivity index (χ3v) is 3.39. The molecule has 24 heavy (non-hydrogen) atoms. The number of carbonyl (C=O) groups excluding carboxylic acids is 1. The molecule has 2 N–H and O–H groups in total. The zero-order valence-electron chi connectivity index (χ0n) is 13.7. The van der Waals surface area contributed by atoms with Gasteiger partial charge in [0.15, 0.2) is 0 Å². The minimum Gasteiger partial charge on any atom is -0.442 e. The van der Waals surface area contributed by atoms with E-state index < -0.39 is 11.7 Å². The SMILES string of the molecule is CC(C)(C)OC(=O)n1nc(-c2ccc(F)cc2)c2cc(N)ccc21. The molecular weight excluding hydrogens is 309 g/mol. The van der Waals surface area contributed by atoms with Crippen molar-refractivity contribution in [1.29, 1.82) is 0 Å². The number of anilines is 1. The second kappa shape index (κ2) is 5.63. The lowest BCUT2D eigenvalue weighted by Gasteiger charge is -2.19. The number of aromatic nitrogens is 2. The van der Waals surface area contributed by atoms with Gasteiger partial charge in [-0.1, -0.05) is 0 Å². The summed E-state index contributed by atoms with van der Waals surface area (Å²) in [5.41, 5.74) is 7.59. The highest BCUT2D eigenvalue weighted by Gasteiger charge is 2.22. The van der Waals surface area contributed by atoms with Gasteiger partial charge in [-0.05, 0) is 63.2 Å². The molecule has 5 nitrogen and oxygen atoms in total. The van der Waals surface area contributed by atoms with E-state index in [1.54, 1.807) is 51.1 Å². The second-order valence-electron chi connectivity index (χ2n) is 6.52. The zero-order chi connectivity index (χ0) is 17.5. The number of ether oxygens (including phenoxy) is 1. The van der Waals surface area contributed by atoms with Crippen LogP contribution in [0.25, 0.3) is 22.2 Å². The van der Waals surface area contributed by atoms with Gasteiger partial charge < -0.3 is 10.5 Å². The van der Waals surface area contributed by atoms with E-state index in [1.165, 1.54) is 16.8 Å². The zero-order valence-corrected chi connectivity index (χ0v) is 13.7. The Balaban J connectivity index is 2.18. The fourth-order valence-corrected chi connectivity index (χ4v) is 2.40. The molecular formula is C18H18FN3O2. The molecule has 0 fully saturated rings. The van der Waals surface area contributed by atoms with E-state index in [0.717, 1.165) is 0 Å². The molecule has 0 atom stereocenters. The van der Waals surface area contributed by atoms with Crippen LogP contribution in [0, 0.1) is 5.82 Å². The van der Waals surface area contributed by atoms with E-state index in [9.17, 15) is 9.18 Å². The average Bonchev–Trinajstić information content (AvgIpc) is 2.85. The monoisotopic (exact) mass is 327 g/mol. The average molecular weight is 327 g/mol. The van der Waals surface area contributed by atoms with Crippen LogP contribution < -0.4 is 5.73 Å². The number of benzene rings is 2. The number of hydrogen-bond donors (Lipinski definition) is 1. The van der Waals surface area contributed by atoms with E-state index in [4.69, 9.17) is 10.5 Å². The Morgan fingerprint density at radius 2 is 1.83 bits per heavy atom. The summed E-state index contributed by atoms with van der Waals surface area (Å²) < 4.78 is 19.8. The molecule has 1 heterocycles. The quantitative estimate of drug-likeness (QED) is 0.680. The summed E-state index contributed by atoms with van der Waals surface area (Å²) in [7, 11) is 0. The topological polar surface area (TPSA) is 70.1 Å². The fraction of sp³-hybridized carbons (Fsp3) is 0.222. The molecule has 124 valence electrons. The molecule has 0 saturated carbocycles. The van der Waals surface area contributed by atoms with Gasteiger partial charge in [-0.25, -0.2) is 9.18 Å². The fourth-order valence-electron chi connectivity index (χ4n) is 2.40. The molecule has 0 radical (unpaired) electrons. The van der Waals surface area contributed by atoms with Crippen molar-refractivity contribution >= 4 is 22.7 Å². The number of nitrogens with zero attached hydrogens (tertiary/aromatic N) is 2. The van der Waals surface area contributed by atoms with Crippen molar-refractivity contribution in [2.24, 2.45) is 0 Å². The van der Waals surface area contributed by atoms with Crippen LogP contribution in [0.4, 0.5) is 14.9 Å². The number of nitrogen functional groups attached to an aromatic ring is 1. The van der Waals surface area contributed by atoms with Crippen molar-refractivity contribution in [3.8, 4) is 11.3 Å². The molecule has 6 heteroatoms. The van der Waals surface area contributed by atoms with E-state index >= 15 is 0 Å². The third kappa shape index (κ3) is 3.08. The predicted molar refractivity (Wildman–Crippen MR) is 91.2 cm³/mol. The summed E-state index contributed by atoms with van der Waals surface area (Å²) in [5.74, 6) is -0.339. The van der Waals surface area contributed by atoms with Crippen LogP contribution >= 0.6 is 0 Å². The first kappa shape index (κ1) is 16.0. The van der Waals surface area contributed by atoms with Crippen LogP contribution in [0.2, 0.25) is 0 Å². The van der Waals surface area contributed by atoms with Gasteiger partial charge in [0.2, 0.25) is 0 Å². The molecule has 2 aromatic carbocycles. The number of halogens is 1. The lowest BCUT2D eigenvalue weighted by Crippen LogP contribution is -2.27. The maximum Gasteiger partial charge on any atom is 0.435 e. The number of carbonyl (C=O) groups is 1. The van der Waals surface area contributed by atoms with Crippen molar-refractivity contribution in [2.75, 3.05) is 5.73 Å². The highest BCUT2D eigenvalue weighted by Crippen LogP contribution is 2.30. The molecule has 0 unspecified atom stereocenters. The van der Waals surface area contributed by atoms with Gasteiger partial charge in [0.25, 0.3) is 0 Å². The Labute approximate surface area is 138 Å². The number of nitrogens with two attached hydrogens (primary N) is 1. The lowest BCUT2D eigenvalue weighted by molar-refractivity contribution is 0.0523. The number of hydrogen-bond acceptors (Lipinski definition) is 4. The van der Waals surface area contributed by atoms with Crippen molar-refractivity contribution in [3.63, 3.8) is 0 Å². The van der Waals surface area contributed by atoms with Gasteiger partial charge in [-0.15, -0.1) is 0 Å².